The van der Waals surface area contributed by atoms with Gasteiger partial charge in [-0.1, -0.05) is 0 Å². The Morgan fingerprint density at radius 3 is 2.50 bits per heavy atom. The number of nitro benzene ring substituents is 1. The zero-order valence-electron chi connectivity index (χ0n) is 7.35. The highest BCUT2D eigenvalue weighted by atomic mass is 16.6. The number of phenolic OH excluding ortho intramolecular Hbond substituents is 1. The lowest BCUT2D eigenvalue weighted by Crippen LogP contribution is -2.01. The average Bonchev–Trinajstić information content (AvgIpc) is 2.01. The number of ketones is 1. The number of carbonyl (C=O) groups excluding carboxylic acids is 1. The van der Waals surface area contributed by atoms with Gasteiger partial charge in [0.15, 0.2) is 5.78 Å². The molecule has 6 nitrogen and oxygen atoms in total. The van der Waals surface area contributed by atoms with Crippen molar-refractivity contribution in [3.63, 3.8) is 0 Å². The predicted octanol–water partition coefficient (Wildman–Crippen LogP) is 1.09. The molecule has 1 aromatic rings. The van der Waals surface area contributed by atoms with Crippen LogP contribution < -0.4 is 5.73 Å². The molecule has 0 unspecified atom stereocenters. The van der Waals surface area contributed by atoms with Gasteiger partial charge < -0.3 is 10.8 Å². The first-order valence-corrected chi connectivity index (χ1v) is 3.71. The maximum atomic E-state index is 11.0. The molecule has 0 aromatic heterocycles. The molecule has 0 aliphatic heterocycles. The molecular formula is C8H8N2O4. The first kappa shape index (κ1) is 9.97. The second-order valence-corrected chi connectivity index (χ2v) is 2.74. The highest BCUT2D eigenvalue weighted by Gasteiger charge is 2.16. The molecule has 0 fully saturated rings. The largest absolute Gasteiger partial charge is 0.507 e. The predicted molar refractivity (Wildman–Crippen MR) is 49.2 cm³/mol. The van der Waals surface area contributed by atoms with E-state index in [4.69, 9.17) is 5.73 Å². The number of rotatable bonds is 2. The molecule has 14 heavy (non-hydrogen) atoms. The summed E-state index contributed by atoms with van der Waals surface area (Å²) in [6.07, 6.45) is 0. The molecule has 1 rings (SSSR count). The van der Waals surface area contributed by atoms with Crippen LogP contribution in [0, 0.1) is 10.1 Å². The molecule has 0 atom stereocenters. The number of nitrogens with zero attached hydrogens (tertiary/aromatic N) is 1. The fourth-order valence-electron chi connectivity index (χ4n) is 1.12. The first-order chi connectivity index (χ1) is 6.43. The van der Waals surface area contributed by atoms with Crippen molar-refractivity contribution in [3.8, 4) is 5.75 Å². The molecule has 0 radical (unpaired) electrons. The Morgan fingerprint density at radius 2 is 2.14 bits per heavy atom. The van der Waals surface area contributed by atoms with E-state index >= 15 is 0 Å². The van der Waals surface area contributed by atoms with Crippen LogP contribution in [0.1, 0.15) is 17.3 Å². The van der Waals surface area contributed by atoms with Crippen molar-refractivity contribution in [2.24, 2.45) is 0 Å². The third-order valence-electron chi connectivity index (χ3n) is 1.70. The van der Waals surface area contributed by atoms with Gasteiger partial charge in [0.05, 0.1) is 22.2 Å². The van der Waals surface area contributed by atoms with Gasteiger partial charge in [-0.2, -0.15) is 0 Å². The molecule has 0 aliphatic rings. The summed E-state index contributed by atoms with van der Waals surface area (Å²) in [4.78, 5) is 20.6. The highest BCUT2D eigenvalue weighted by molar-refractivity contribution is 6.02. The Morgan fingerprint density at radius 1 is 1.57 bits per heavy atom. The molecule has 0 heterocycles. The van der Waals surface area contributed by atoms with E-state index in [9.17, 15) is 20.0 Å². The molecule has 6 heteroatoms. The van der Waals surface area contributed by atoms with E-state index in [2.05, 4.69) is 0 Å². The van der Waals surface area contributed by atoms with E-state index in [0.717, 1.165) is 12.1 Å². The van der Waals surface area contributed by atoms with Crippen molar-refractivity contribution in [1.82, 2.24) is 0 Å². The zero-order chi connectivity index (χ0) is 10.9. The molecule has 0 saturated carbocycles. The lowest BCUT2D eigenvalue weighted by Gasteiger charge is -2.03. The van der Waals surface area contributed by atoms with Crippen LogP contribution in [0.2, 0.25) is 0 Å². The maximum absolute atomic E-state index is 11.0. The summed E-state index contributed by atoms with van der Waals surface area (Å²) < 4.78 is 0. The van der Waals surface area contributed by atoms with Crippen molar-refractivity contribution in [2.75, 3.05) is 5.73 Å². The molecule has 3 N–H and O–H groups in total. The van der Waals surface area contributed by atoms with Gasteiger partial charge in [-0.25, -0.2) is 0 Å². The smallest absolute Gasteiger partial charge is 0.275 e. The minimum atomic E-state index is -0.694. The van der Waals surface area contributed by atoms with Gasteiger partial charge in [0, 0.05) is 6.07 Å². The Bertz CT molecular complexity index is 391. The number of benzene rings is 1. The van der Waals surface area contributed by atoms with Crippen LogP contribution in [-0.4, -0.2) is 15.8 Å². The second kappa shape index (κ2) is 3.33. The monoisotopic (exact) mass is 196 g/mol. The van der Waals surface area contributed by atoms with E-state index < -0.39 is 16.5 Å². The minimum absolute atomic E-state index is 0.0874. The summed E-state index contributed by atoms with van der Waals surface area (Å²) in [6.45, 7) is 1.22. The lowest BCUT2D eigenvalue weighted by molar-refractivity contribution is -0.384. The van der Waals surface area contributed by atoms with Crippen LogP contribution in [0.5, 0.6) is 5.75 Å². The van der Waals surface area contributed by atoms with Gasteiger partial charge in [-0.15, -0.1) is 0 Å². The number of nitrogen functional groups attached to an aromatic ring is 1. The van der Waals surface area contributed by atoms with Crippen molar-refractivity contribution in [1.29, 1.82) is 0 Å². The van der Waals surface area contributed by atoms with Gasteiger partial charge in [-0.05, 0) is 6.92 Å². The fourth-order valence-corrected chi connectivity index (χ4v) is 1.12. The van der Waals surface area contributed by atoms with Crippen molar-refractivity contribution in [2.45, 2.75) is 6.92 Å². The number of Topliss-reactive ketones (excluding diaryl/α,β-unsaturated/α-hetero) is 1. The molecule has 0 spiro atoms. The topological polar surface area (TPSA) is 106 Å². The molecule has 74 valence electrons. The van der Waals surface area contributed by atoms with Crippen molar-refractivity contribution in [3.05, 3.63) is 27.8 Å². The Labute approximate surface area is 79.1 Å². The SMILES string of the molecule is CC(=O)c1c(N)cc([N+](=O)[O-])cc1O. The summed E-state index contributed by atoms with van der Waals surface area (Å²) in [5.41, 5.74) is 4.85. The normalized spacial score (nSPS) is 9.79. The molecule has 0 amide bonds. The number of hydrogen-bond donors (Lipinski definition) is 2. The molecule has 1 aromatic carbocycles. The average molecular weight is 196 g/mol. The summed E-state index contributed by atoms with van der Waals surface area (Å²) >= 11 is 0. The van der Waals surface area contributed by atoms with Gasteiger partial charge in [0.1, 0.15) is 5.75 Å². The Kier molecular flexibility index (Phi) is 2.37. The quantitative estimate of drug-likeness (QED) is 0.318. The van der Waals surface area contributed by atoms with Crippen LogP contribution in [-0.2, 0) is 0 Å². The first-order valence-electron chi connectivity index (χ1n) is 3.71. The summed E-state index contributed by atoms with van der Waals surface area (Å²) in [7, 11) is 0. The van der Waals surface area contributed by atoms with E-state index in [1.807, 2.05) is 0 Å². The number of hydrogen-bond acceptors (Lipinski definition) is 5. The Hall–Kier alpha value is -2.11. The molecule has 0 bridgehead atoms. The summed E-state index contributed by atoms with van der Waals surface area (Å²) in [6, 6.07) is 1.93. The number of nitro groups is 1. The van der Waals surface area contributed by atoms with Crippen LogP contribution >= 0.6 is 0 Å². The van der Waals surface area contributed by atoms with Gasteiger partial charge >= 0.3 is 0 Å². The highest BCUT2D eigenvalue weighted by Crippen LogP contribution is 2.29. The van der Waals surface area contributed by atoms with E-state index in [-0.39, 0.29) is 16.9 Å². The third kappa shape index (κ3) is 1.63. The van der Waals surface area contributed by atoms with Gasteiger partial charge in [0.25, 0.3) is 5.69 Å². The molecular weight excluding hydrogens is 188 g/mol. The van der Waals surface area contributed by atoms with Crippen LogP contribution in [0.25, 0.3) is 0 Å². The van der Waals surface area contributed by atoms with Crippen molar-refractivity contribution < 1.29 is 14.8 Å². The van der Waals surface area contributed by atoms with Crippen LogP contribution in [0.15, 0.2) is 12.1 Å². The third-order valence-corrected chi connectivity index (χ3v) is 1.70. The van der Waals surface area contributed by atoms with Crippen molar-refractivity contribution >= 4 is 17.2 Å². The van der Waals surface area contributed by atoms with Gasteiger partial charge in [-0.3, -0.25) is 14.9 Å². The number of non-ortho nitro benzene ring substituents is 1. The number of anilines is 1. The van der Waals surface area contributed by atoms with E-state index in [1.54, 1.807) is 0 Å². The van der Waals surface area contributed by atoms with Crippen LogP contribution in [0.4, 0.5) is 11.4 Å². The standard InChI is InChI=1S/C8H8N2O4/c1-4(11)8-6(9)2-5(10(13)14)3-7(8)12/h2-3,12H,9H2,1H3. The van der Waals surface area contributed by atoms with E-state index in [0.29, 0.717) is 0 Å². The second-order valence-electron chi connectivity index (χ2n) is 2.74. The zero-order valence-corrected chi connectivity index (χ0v) is 7.35. The maximum Gasteiger partial charge on any atom is 0.275 e. The number of carbonyl (C=O) groups is 1. The molecule has 0 aliphatic carbocycles. The summed E-state index contributed by atoms with van der Waals surface area (Å²) in [5, 5.41) is 19.6. The minimum Gasteiger partial charge on any atom is -0.507 e. The number of phenols is 1. The molecule has 0 saturated heterocycles. The Balaban J connectivity index is 3.39. The number of nitrogens with two attached hydrogens (primary N) is 1. The van der Waals surface area contributed by atoms with E-state index in [1.165, 1.54) is 6.92 Å². The van der Waals surface area contributed by atoms with Gasteiger partial charge in [0.2, 0.25) is 0 Å². The van der Waals surface area contributed by atoms with Crippen LogP contribution in [0.3, 0.4) is 0 Å². The lowest BCUT2D eigenvalue weighted by atomic mass is 10.1. The summed E-state index contributed by atoms with van der Waals surface area (Å²) in [5.74, 6) is -0.904. The fraction of sp³-hybridized carbons (Fsp3) is 0.125. The number of aromatic hydroxyl groups is 1.